The molecule has 1 atom stereocenters. The first kappa shape index (κ1) is 15.7. The van der Waals surface area contributed by atoms with Crippen molar-refractivity contribution in [3.8, 4) is 5.75 Å². The standard InChI is InChI=1S/C18H15NO5/c1-24-12-8-6-11(7-9-12)15(10-16(20)21)19-17(22)13-4-2-3-5-14(13)18(19)23/h2-9,15H,10H2,1H3,(H,20,21)/t15-/m1/s1. The van der Waals surface area contributed by atoms with Crippen LogP contribution in [0.2, 0.25) is 0 Å². The number of carbonyl (C=O) groups is 3. The Morgan fingerprint density at radius 3 is 2.04 bits per heavy atom. The number of imide groups is 1. The van der Waals surface area contributed by atoms with Crippen molar-refractivity contribution in [3.05, 3.63) is 65.2 Å². The van der Waals surface area contributed by atoms with Gasteiger partial charge in [0.1, 0.15) is 5.75 Å². The van der Waals surface area contributed by atoms with E-state index in [-0.39, 0.29) is 6.42 Å². The van der Waals surface area contributed by atoms with Crippen LogP contribution in [0.4, 0.5) is 0 Å². The lowest BCUT2D eigenvalue weighted by Crippen LogP contribution is -2.35. The number of carbonyl (C=O) groups excluding carboxylic acids is 2. The van der Waals surface area contributed by atoms with Crippen molar-refractivity contribution < 1.29 is 24.2 Å². The van der Waals surface area contributed by atoms with Crippen molar-refractivity contribution in [2.24, 2.45) is 0 Å². The van der Waals surface area contributed by atoms with E-state index < -0.39 is 23.8 Å². The number of aliphatic carboxylic acids is 1. The predicted octanol–water partition coefficient (Wildman–Crippen LogP) is 2.51. The van der Waals surface area contributed by atoms with E-state index in [1.165, 1.54) is 7.11 Å². The normalized spacial score (nSPS) is 14.5. The summed E-state index contributed by atoms with van der Waals surface area (Å²) in [6.45, 7) is 0. The molecule has 1 heterocycles. The van der Waals surface area contributed by atoms with Crippen LogP contribution in [-0.2, 0) is 4.79 Å². The van der Waals surface area contributed by atoms with Crippen LogP contribution in [0.1, 0.15) is 38.7 Å². The molecule has 122 valence electrons. The van der Waals surface area contributed by atoms with Crippen LogP contribution in [0.3, 0.4) is 0 Å². The molecule has 0 spiro atoms. The van der Waals surface area contributed by atoms with Crippen LogP contribution in [0.5, 0.6) is 5.75 Å². The molecule has 6 heteroatoms. The monoisotopic (exact) mass is 325 g/mol. The van der Waals surface area contributed by atoms with Gasteiger partial charge in [0.15, 0.2) is 0 Å². The van der Waals surface area contributed by atoms with Crippen LogP contribution < -0.4 is 4.74 Å². The van der Waals surface area contributed by atoms with E-state index in [4.69, 9.17) is 4.74 Å². The zero-order valence-corrected chi connectivity index (χ0v) is 12.9. The van der Waals surface area contributed by atoms with Gasteiger partial charge in [-0.3, -0.25) is 19.3 Å². The van der Waals surface area contributed by atoms with Gasteiger partial charge in [-0.15, -0.1) is 0 Å². The molecule has 24 heavy (non-hydrogen) atoms. The van der Waals surface area contributed by atoms with Gasteiger partial charge in [0.2, 0.25) is 0 Å². The second kappa shape index (κ2) is 6.16. The molecule has 0 saturated heterocycles. The van der Waals surface area contributed by atoms with Crippen molar-refractivity contribution in [1.29, 1.82) is 0 Å². The van der Waals surface area contributed by atoms with E-state index in [1.807, 2.05) is 0 Å². The van der Waals surface area contributed by atoms with Crippen molar-refractivity contribution in [2.45, 2.75) is 12.5 Å². The Labute approximate surface area is 138 Å². The summed E-state index contributed by atoms with van der Waals surface area (Å²) in [7, 11) is 1.52. The maximum absolute atomic E-state index is 12.6. The van der Waals surface area contributed by atoms with Gasteiger partial charge in [0.05, 0.1) is 30.7 Å². The van der Waals surface area contributed by atoms with E-state index in [1.54, 1.807) is 48.5 Å². The average Bonchev–Trinajstić information content (AvgIpc) is 2.84. The van der Waals surface area contributed by atoms with Gasteiger partial charge >= 0.3 is 5.97 Å². The maximum atomic E-state index is 12.6. The largest absolute Gasteiger partial charge is 0.497 e. The van der Waals surface area contributed by atoms with E-state index >= 15 is 0 Å². The Kier molecular flexibility index (Phi) is 4.04. The lowest BCUT2D eigenvalue weighted by molar-refractivity contribution is -0.138. The number of hydrogen-bond donors (Lipinski definition) is 1. The van der Waals surface area contributed by atoms with E-state index in [0.29, 0.717) is 22.4 Å². The number of ether oxygens (including phenoxy) is 1. The summed E-state index contributed by atoms with van der Waals surface area (Å²) in [6, 6.07) is 12.3. The fraction of sp³-hybridized carbons (Fsp3) is 0.167. The molecule has 1 aliphatic rings. The molecule has 0 aliphatic carbocycles. The molecule has 0 radical (unpaired) electrons. The Hall–Kier alpha value is -3.15. The molecule has 0 fully saturated rings. The summed E-state index contributed by atoms with van der Waals surface area (Å²) in [5.41, 5.74) is 1.16. The highest BCUT2D eigenvalue weighted by molar-refractivity contribution is 6.21. The molecule has 1 N–H and O–H groups in total. The van der Waals surface area contributed by atoms with E-state index in [9.17, 15) is 19.5 Å². The number of nitrogens with zero attached hydrogens (tertiary/aromatic N) is 1. The molecule has 2 aromatic carbocycles. The number of benzene rings is 2. The molecule has 6 nitrogen and oxygen atoms in total. The second-order valence-corrected chi connectivity index (χ2v) is 5.41. The Bertz CT molecular complexity index is 777. The number of carboxylic acid groups (broad SMARTS) is 1. The van der Waals surface area contributed by atoms with Crippen LogP contribution in [-0.4, -0.2) is 34.9 Å². The number of amides is 2. The molecule has 1 aliphatic heterocycles. The quantitative estimate of drug-likeness (QED) is 0.854. The molecular weight excluding hydrogens is 310 g/mol. The second-order valence-electron chi connectivity index (χ2n) is 5.41. The van der Waals surface area contributed by atoms with Gasteiger partial charge in [0.25, 0.3) is 11.8 Å². The zero-order chi connectivity index (χ0) is 17.3. The van der Waals surface area contributed by atoms with Crippen LogP contribution >= 0.6 is 0 Å². The van der Waals surface area contributed by atoms with Gasteiger partial charge in [-0.1, -0.05) is 24.3 Å². The topological polar surface area (TPSA) is 83.9 Å². The van der Waals surface area contributed by atoms with Crippen LogP contribution in [0, 0.1) is 0 Å². The van der Waals surface area contributed by atoms with E-state index in [2.05, 4.69) is 0 Å². The number of carboxylic acids is 1. The zero-order valence-electron chi connectivity index (χ0n) is 12.9. The Morgan fingerprint density at radius 2 is 1.58 bits per heavy atom. The lowest BCUT2D eigenvalue weighted by Gasteiger charge is -2.25. The average molecular weight is 325 g/mol. The van der Waals surface area contributed by atoms with Crippen molar-refractivity contribution >= 4 is 17.8 Å². The number of fused-ring (bicyclic) bond motifs is 1. The fourth-order valence-corrected chi connectivity index (χ4v) is 2.84. The van der Waals surface area contributed by atoms with Crippen molar-refractivity contribution in [3.63, 3.8) is 0 Å². The first-order chi connectivity index (χ1) is 11.5. The summed E-state index contributed by atoms with van der Waals surface area (Å²) in [5, 5.41) is 9.22. The molecule has 0 aromatic heterocycles. The lowest BCUT2D eigenvalue weighted by atomic mass is 10.0. The molecular formula is C18H15NO5. The first-order valence-electron chi connectivity index (χ1n) is 7.35. The minimum absolute atomic E-state index is 0.298. The Balaban J connectivity index is 2.02. The summed E-state index contributed by atoms with van der Waals surface area (Å²) in [6.07, 6.45) is -0.363. The Morgan fingerprint density at radius 1 is 1.04 bits per heavy atom. The van der Waals surface area contributed by atoms with Gasteiger partial charge in [-0.25, -0.2) is 0 Å². The van der Waals surface area contributed by atoms with Crippen molar-refractivity contribution in [2.75, 3.05) is 7.11 Å². The highest BCUT2D eigenvalue weighted by Crippen LogP contribution is 2.34. The molecule has 2 aromatic rings. The molecule has 0 saturated carbocycles. The van der Waals surface area contributed by atoms with Gasteiger partial charge in [0, 0.05) is 0 Å². The minimum Gasteiger partial charge on any atom is -0.497 e. The number of methoxy groups -OCH3 is 1. The van der Waals surface area contributed by atoms with Gasteiger partial charge in [-0.2, -0.15) is 0 Å². The van der Waals surface area contributed by atoms with Crippen LogP contribution in [0.25, 0.3) is 0 Å². The fourth-order valence-electron chi connectivity index (χ4n) is 2.84. The van der Waals surface area contributed by atoms with E-state index in [0.717, 1.165) is 4.90 Å². The summed E-state index contributed by atoms with van der Waals surface area (Å²) >= 11 is 0. The number of rotatable bonds is 5. The minimum atomic E-state index is -1.09. The maximum Gasteiger partial charge on any atom is 0.305 e. The third-order valence-electron chi connectivity index (χ3n) is 4.01. The molecule has 3 rings (SSSR count). The smallest absolute Gasteiger partial charge is 0.305 e. The van der Waals surface area contributed by atoms with Crippen LogP contribution in [0.15, 0.2) is 48.5 Å². The van der Waals surface area contributed by atoms with Gasteiger partial charge in [-0.05, 0) is 29.8 Å². The highest BCUT2D eigenvalue weighted by Gasteiger charge is 2.41. The van der Waals surface area contributed by atoms with Gasteiger partial charge < -0.3 is 9.84 Å². The highest BCUT2D eigenvalue weighted by atomic mass is 16.5. The SMILES string of the molecule is COc1ccc([C@@H](CC(=O)O)N2C(=O)c3ccccc3C2=O)cc1. The first-order valence-corrected chi connectivity index (χ1v) is 7.35. The summed E-state index contributed by atoms with van der Waals surface area (Å²) < 4.78 is 5.08. The van der Waals surface area contributed by atoms with Crippen molar-refractivity contribution in [1.82, 2.24) is 4.90 Å². The third-order valence-corrected chi connectivity index (χ3v) is 4.01. The molecule has 2 amide bonds. The third kappa shape index (κ3) is 2.62. The summed E-state index contributed by atoms with van der Waals surface area (Å²) in [4.78, 5) is 37.5. The molecule has 0 bridgehead atoms. The summed E-state index contributed by atoms with van der Waals surface area (Å²) in [5.74, 6) is -1.43. The number of hydrogen-bond acceptors (Lipinski definition) is 4. The predicted molar refractivity (Wildman–Crippen MR) is 84.9 cm³/mol. The molecule has 0 unspecified atom stereocenters.